The Bertz CT molecular complexity index is 595. The first kappa shape index (κ1) is 13.3. The maximum Gasteiger partial charge on any atom is 0.514 e. The van der Waals surface area contributed by atoms with Gasteiger partial charge < -0.3 is 14.3 Å². The summed E-state index contributed by atoms with van der Waals surface area (Å²) in [7, 11) is -0.449. The van der Waals surface area contributed by atoms with Crippen LogP contribution in [0.25, 0.3) is 11.4 Å². The van der Waals surface area contributed by atoms with Crippen LogP contribution in [-0.2, 0) is 9.31 Å². The third-order valence-corrected chi connectivity index (χ3v) is 4.05. The largest absolute Gasteiger partial charge is 0.514 e. The molecule has 20 heavy (non-hydrogen) atoms. The highest BCUT2D eigenvalue weighted by Gasteiger charge is 2.52. The fraction of sp³-hybridized carbons (Fsp3) is 0.429. The molecule has 2 aromatic rings. The second-order valence-corrected chi connectivity index (χ2v) is 6.00. The van der Waals surface area contributed by atoms with Crippen molar-refractivity contribution < 1.29 is 9.31 Å². The van der Waals surface area contributed by atoms with E-state index in [4.69, 9.17) is 9.31 Å². The van der Waals surface area contributed by atoms with E-state index in [1.54, 1.807) is 18.6 Å². The number of nitrogens with one attached hydrogen (secondary N) is 1. The second kappa shape index (κ2) is 4.43. The molecular formula is C14H18BN3O2. The molecule has 1 aliphatic rings. The van der Waals surface area contributed by atoms with Crippen molar-refractivity contribution in [2.45, 2.75) is 38.9 Å². The Morgan fingerprint density at radius 1 is 1.05 bits per heavy atom. The van der Waals surface area contributed by atoms with Crippen LogP contribution in [0.2, 0.25) is 0 Å². The Morgan fingerprint density at radius 2 is 1.75 bits per heavy atom. The number of H-pyrrole nitrogens is 1. The first-order chi connectivity index (χ1) is 9.39. The summed E-state index contributed by atoms with van der Waals surface area (Å²) in [6.45, 7) is 8.12. The molecule has 3 heterocycles. The maximum absolute atomic E-state index is 6.01. The summed E-state index contributed by atoms with van der Waals surface area (Å²) >= 11 is 0. The molecule has 0 amide bonds. The van der Waals surface area contributed by atoms with Crippen LogP contribution in [0.3, 0.4) is 0 Å². The summed E-state index contributed by atoms with van der Waals surface area (Å²) in [6.07, 6.45) is 5.27. The van der Waals surface area contributed by atoms with Crippen molar-refractivity contribution in [1.82, 2.24) is 15.0 Å². The smallest absolute Gasteiger partial charge is 0.398 e. The molecule has 0 aromatic carbocycles. The molecule has 0 atom stereocenters. The zero-order chi connectivity index (χ0) is 14.4. The van der Waals surface area contributed by atoms with Crippen molar-refractivity contribution >= 4 is 12.7 Å². The van der Waals surface area contributed by atoms with Crippen LogP contribution in [0, 0.1) is 0 Å². The minimum Gasteiger partial charge on any atom is -0.398 e. The van der Waals surface area contributed by atoms with E-state index in [0.717, 1.165) is 17.0 Å². The maximum atomic E-state index is 6.01. The van der Waals surface area contributed by atoms with E-state index in [-0.39, 0.29) is 11.2 Å². The second-order valence-electron chi connectivity index (χ2n) is 6.00. The molecule has 0 spiro atoms. The van der Waals surface area contributed by atoms with Gasteiger partial charge in [-0.3, -0.25) is 4.98 Å². The third-order valence-electron chi connectivity index (χ3n) is 4.05. The van der Waals surface area contributed by atoms with Gasteiger partial charge in [0.05, 0.1) is 16.8 Å². The molecule has 0 aliphatic carbocycles. The summed E-state index contributed by atoms with van der Waals surface area (Å²) in [5.74, 6) is 0.810. The highest BCUT2D eigenvalue weighted by atomic mass is 16.7. The predicted molar refractivity (Wildman–Crippen MR) is 77.5 cm³/mol. The molecule has 1 fully saturated rings. The van der Waals surface area contributed by atoms with E-state index < -0.39 is 7.12 Å². The molecule has 0 radical (unpaired) electrons. The van der Waals surface area contributed by atoms with Crippen LogP contribution in [0.4, 0.5) is 0 Å². The lowest BCUT2D eigenvalue weighted by Crippen LogP contribution is -2.41. The molecule has 0 unspecified atom stereocenters. The zero-order valence-corrected chi connectivity index (χ0v) is 12.2. The number of aromatic amines is 1. The molecule has 0 bridgehead atoms. The number of hydrogen-bond acceptors (Lipinski definition) is 4. The molecule has 1 aliphatic heterocycles. The standard InChI is InChI=1S/C14H18BN3O2/c1-13(2)14(3,4)20-15(19-13)11-9-10(5-6-16-11)12-17-7-8-18-12/h5-9H,1-4H3,(H,17,18). The van der Waals surface area contributed by atoms with Crippen molar-refractivity contribution in [3.63, 3.8) is 0 Å². The molecule has 3 rings (SSSR count). The summed E-state index contributed by atoms with van der Waals surface area (Å²) in [5, 5.41) is 0. The fourth-order valence-corrected chi connectivity index (χ4v) is 2.11. The first-order valence-corrected chi connectivity index (χ1v) is 6.70. The average molecular weight is 271 g/mol. The van der Waals surface area contributed by atoms with Gasteiger partial charge in [0.15, 0.2) is 0 Å². The molecule has 2 aromatic heterocycles. The monoisotopic (exact) mass is 271 g/mol. The van der Waals surface area contributed by atoms with Gasteiger partial charge in [-0.2, -0.15) is 0 Å². The molecule has 6 heteroatoms. The van der Waals surface area contributed by atoms with Crippen molar-refractivity contribution in [3.05, 3.63) is 30.7 Å². The summed E-state index contributed by atoms with van der Waals surface area (Å²) in [6, 6.07) is 3.86. The average Bonchev–Trinajstić information content (AvgIpc) is 2.97. The Morgan fingerprint density at radius 3 is 2.35 bits per heavy atom. The SMILES string of the molecule is CC1(C)OB(c2cc(-c3ncc[nH]3)ccn2)OC1(C)C. The fourth-order valence-electron chi connectivity index (χ4n) is 2.11. The third kappa shape index (κ3) is 2.15. The topological polar surface area (TPSA) is 60.0 Å². The highest BCUT2D eigenvalue weighted by molar-refractivity contribution is 6.61. The number of aromatic nitrogens is 3. The molecule has 0 saturated carbocycles. The Hall–Kier alpha value is -1.66. The van der Waals surface area contributed by atoms with Crippen LogP contribution in [0.5, 0.6) is 0 Å². The number of rotatable bonds is 2. The number of pyridine rings is 1. The van der Waals surface area contributed by atoms with Crippen LogP contribution < -0.4 is 5.59 Å². The van der Waals surface area contributed by atoms with Gasteiger partial charge in [-0.1, -0.05) is 0 Å². The lowest BCUT2D eigenvalue weighted by molar-refractivity contribution is 0.00578. The number of imidazole rings is 1. The summed E-state index contributed by atoms with van der Waals surface area (Å²) in [4.78, 5) is 11.7. The summed E-state index contributed by atoms with van der Waals surface area (Å²) in [5.41, 5.74) is 1.01. The van der Waals surface area contributed by atoms with Gasteiger partial charge in [-0.05, 0) is 39.8 Å². The molecule has 1 N–H and O–H groups in total. The van der Waals surface area contributed by atoms with Crippen molar-refractivity contribution in [2.24, 2.45) is 0 Å². The molecule has 5 nitrogen and oxygen atoms in total. The van der Waals surface area contributed by atoms with Crippen molar-refractivity contribution in [2.75, 3.05) is 0 Å². The Balaban J connectivity index is 1.91. The predicted octanol–water partition coefficient (Wildman–Crippen LogP) is 1.77. The van der Waals surface area contributed by atoms with Crippen LogP contribution in [0.15, 0.2) is 30.7 Å². The van der Waals surface area contributed by atoms with E-state index in [1.165, 1.54) is 0 Å². The van der Waals surface area contributed by atoms with Gasteiger partial charge in [-0.15, -0.1) is 0 Å². The minimum absolute atomic E-state index is 0.361. The molecule has 104 valence electrons. The van der Waals surface area contributed by atoms with Gasteiger partial charge in [0, 0.05) is 24.2 Å². The van der Waals surface area contributed by atoms with E-state index >= 15 is 0 Å². The first-order valence-electron chi connectivity index (χ1n) is 6.70. The van der Waals surface area contributed by atoms with Crippen LogP contribution >= 0.6 is 0 Å². The normalized spacial score (nSPS) is 20.3. The van der Waals surface area contributed by atoms with Gasteiger partial charge in [0.2, 0.25) is 0 Å². The quantitative estimate of drug-likeness (QED) is 0.846. The molecular weight excluding hydrogens is 253 g/mol. The van der Waals surface area contributed by atoms with Gasteiger partial charge in [-0.25, -0.2) is 4.98 Å². The van der Waals surface area contributed by atoms with Crippen LogP contribution in [-0.4, -0.2) is 33.3 Å². The molecule has 1 saturated heterocycles. The van der Waals surface area contributed by atoms with E-state index in [1.807, 2.05) is 39.8 Å². The van der Waals surface area contributed by atoms with Crippen LogP contribution in [0.1, 0.15) is 27.7 Å². The van der Waals surface area contributed by atoms with E-state index in [0.29, 0.717) is 0 Å². The van der Waals surface area contributed by atoms with Gasteiger partial charge in [0.25, 0.3) is 0 Å². The number of hydrogen-bond donors (Lipinski definition) is 1. The Labute approximate surface area is 118 Å². The van der Waals surface area contributed by atoms with E-state index in [9.17, 15) is 0 Å². The Kier molecular flexibility index (Phi) is 2.95. The summed E-state index contributed by atoms with van der Waals surface area (Å²) < 4.78 is 12.0. The van der Waals surface area contributed by atoms with E-state index in [2.05, 4.69) is 15.0 Å². The minimum atomic E-state index is -0.449. The lowest BCUT2D eigenvalue weighted by Gasteiger charge is -2.32. The van der Waals surface area contributed by atoms with Crippen molar-refractivity contribution in [3.8, 4) is 11.4 Å². The van der Waals surface area contributed by atoms with Crippen molar-refractivity contribution in [1.29, 1.82) is 0 Å². The number of nitrogens with zero attached hydrogens (tertiary/aromatic N) is 2. The zero-order valence-electron chi connectivity index (χ0n) is 12.2. The van der Waals surface area contributed by atoms with Gasteiger partial charge >= 0.3 is 7.12 Å². The lowest BCUT2D eigenvalue weighted by atomic mass is 9.83. The highest BCUT2D eigenvalue weighted by Crippen LogP contribution is 2.36. The van der Waals surface area contributed by atoms with Gasteiger partial charge in [0.1, 0.15) is 5.82 Å².